The Labute approximate surface area is 253 Å². The Kier molecular flexibility index (Phi) is 8.77. The minimum Gasteiger partial charge on any atom is -0.375 e. The highest BCUT2D eigenvalue weighted by Crippen LogP contribution is 2.52. The average Bonchev–Trinajstić information content (AvgIpc) is 3.46. The Bertz CT molecular complexity index is 1530. The summed E-state index contributed by atoms with van der Waals surface area (Å²) in [4.78, 5) is 11.2. The number of nitrogens with zero attached hydrogens (tertiary/aromatic N) is 3. The first-order chi connectivity index (χ1) is 21.0. The molecule has 218 valence electrons. The summed E-state index contributed by atoms with van der Waals surface area (Å²) in [5, 5.41) is 0.137. The van der Waals surface area contributed by atoms with Gasteiger partial charge in [0.25, 0.3) is 0 Å². The first-order valence-corrected chi connectivity index (χ1v) is 15.0. The monoisotopic (exact) mass is 597 g/mol. The molecule has 0 spiro atoms. The summed E-state index contributed by atoms with van der Waals surface area (Å²) >= 11 is 1.89. The first-order valence-electron chi connectivity index (χ1n) is 14.1. The number of benzene rings is 4. The van der Waals surface area contributed by atoms with Gasteiger partial charge in [0.2, 0.25) is 5.95 Å². The van der Waals surface area contributed by atoms with Gasteiger partial charge in [0, 0.05) is 35.8 Å². The molecule has 8 heteroatoms. The maximum atomic E-state index is 14.3. The first kappa shape index (κ1) is 29.0. The van der Waals surface area contributed by atoms with E-state index in [4.69, 9.17) is 4.74 Å². The van der Waals surface area contributed by atoms with E-state index in [1.54, 1.807) is 18.5 Å². The molecule has 0 saturated carbocycles. The van der Waals surface area contributed by atoms with Crippen LogP contribution in [0.25, 0.3) is 0 Å². The number of aromatic nitrogens is 2. The summed E-state index contributed by atoms with van der Waals surface area (Å²) in [6.07, 6.45) is 4.16. The molecule has 2 unspecified atom stereocenters. The van der Waals surface area contributed by atoms with Crippen molar-refractivity contribution in [2.24, 2.45) is 0 Å². The zero-order chi connectivity index (χ0) is 29.6. The van der Waals surface area contributed by atoms with Crippen LogP contribution in [0.3, 0.4) is 0 Å². The molecular formula is C35H30F3N3OS. The van der Waals surface area contributed by atoms with E-state index >= 15 is 0 Å². The third-order valence-electron chi connectivity index (χ3n) is 7.73. The van der Waals surface area contributed by atoms with E-state index in [0.717, 1.165) is 12.5 Å². The molecule has 43 heavy (non-hydrogen) atoms. The Balaban J connectivity index is 1.32. The summed E-state index contributed by atoms with van der Waals surface area (Å²) < 4.78 is 46.9. The molecule has 0 amide bonds. The second-order valence-corrected chi connectivity index (χ2v) is 12.0. The van der Waals surface area contributed by atoms with Gasteiger partial charge in [-0.25, -0.2) is 23.1 Å². The lowest BCUT2D eigenvalue weighted by molar-refractivity contribution is 0.106. The number of thioether (sulfide) groups is 1. The third-order valence-corrected chi connectivity index (χ3v) is 9.46. The SMILES string of the molecule is Fc1cc(F)c(COCC2CC(SC(c3ccccc3)(c3ccccc3)c3ccccc3)CN2c2ncccn2)cc1F. The second kappa shape index (κ2) is 13.0. The van der Waals surface area contributed by atoms with Gasteiger partial charge in [0.1, 0.15) is 5.82 Å². The summed E-state index contributed by atoms with van der Waals surface area (Å²) in [7, 11) is 0. The summed E-state index contributed by atoms with van der Waals surface area (Å²) in [5.41, 5.74) is 3.50. The molecular weight excluding hydrogens is 567 g/mol. The largest absolute Gasteiger partial charge is 0.375 e. The van der Waals surface area contributed by atoms with Crippen LogP contribution in [0, 0.1) is 17.5 Å². The van der Waals surface area contributed by atoms with Gasteiger partial charge >= 0.3 is 0 Å². The zero-order valence-corrected chi connectivity index (χ0v) is 24.1. The molecule has 0 radical (unpaired) electrons. The maximum Gasteiger partial charge on any atom is 0.225 e. The molecule has 0 N–H and O–H groups in total. The van der Waals surface area contributed by atoms with E-state index in [2.05, 4.69) is 87.7 Å². The number of halogens is 3. The van der Waals surface area contributed by atoms with Crippen molar-refractivity contribution in [1.29, 1.82) is 0 Å². The number of anilines is 1. The lowest BCUT2D eigenvalue weighted by Crippen LogP contribution is -2.34. The molecule has 2 atom stereocenters. The van der Waals surface area contributed by atoms with Crippen molar-refractivity contribution >= 4 is 17.7 Å². The van der Waals surface area contributed by atoms with Crippen molar-refractivity contribution in [2.45, 2.75) is 29.1 Å². The van der Waals surface area contributed by atoms with Crippen LogP contribution in [-0.4, -0.2) is 34.4 Å². The van der Waals surface area contributed by atoms with Gasteiger partial charge in [0.15, 0.2) is 11.6 Å². The number of rotatable bonds is 10. The Morgan fingerprint density at radius 3 is 1.81 bits per heavy atom. The molecule has 1 saturated heterocycles. The highest BCUT2D eigenvalue weighted by atomic mass is 32.2. The number of hydrogen-bond acceptors (Lipinski definition) is 5. The zero-order valence-electron chi connectivity index (χ0n) is 23.3. The van der Waals surface area contributed by atoms with E-state index in [1.807, 2.05) is 30.0 Å². The quantitative estimate of drug-likeness (QED) is 0.121. The fourth-order valence-corrected chi connectivity index (χ4v) is 7.62. The minimum absolute atomic E-state index is 0.0263. The van der Waals surface area contributed by atoms with Crippen LogP contribution >= 0.6 is 11.8 Å². The third kappa shape index (κ3) is 6.17. The van der Waals surface area contributed by atoms with Crippen LogP contribution in [0.4, 0.5) is 19.1 Å². The number of ether oxygens (including phenoxy) is 1. The highest BCUT2D eigenvalue weighted by Gasteiger charge is 2.43. The molecule has 1 aliphatic heterocycles. The average molecular weight is 598 g/mol. The molecule has 0 aliphatic carbocycles. The predicted molar refractivity (Wildman–Crippen MR) is 164 cm³/mol. The van der Waals surface area contributed by atoms with Crippen molar-refractivity contribution in [2.75, 3.05) is 18.1 Å². The summed E-state index contributed by atoms with van der Waals surface area (Å²) in [5.74, 6) is -2.57. The fourth-order valence-electron chi connectivity index (χ4n) is 5.75. The molecule has 4 nitrogen and oxygen atoms in total. The van der Waals surface area contributed by atoms with E-state index in [1.165, 1.54) is 16.7 Å². The Morgan fingerprint density at radius 2 is 1.26 bits per heavy atom. The van der Waals surface area contributed by atoms with Crippen LogP contribution in [-0.2, 0) is 16.1 Å². The van der Waals surface area contributed by atoms with Crippen LogP contribution in [0.1, 0.15) is 28.7 Å². The van der Waals surface area contributed by atoms with E-state index in [0.29, 0.717) is 18.6 Å². The molecule has 5 aromatic rings. The Morgan fingerprint density at radius 1 is 0.721 bits per heavy atom. The van der Waals surface area contributed by atoms with Gasteiger partial charge in [-0.3, -0.25) is 0 Å². The van der Waals surface area contributed by atoms with Gasteiger partial charge in [-0.1, -0.05) is 91.0 Å². The fraction of sp³-hybridized carbons (Fsp3) is 0.200. The molecule has 4 aromatic carbocycles. The second-order valence-electron chi connectivity index (χ2n) is 10.5. The van der Waals surface area contributed by atoms with Gasteiger partial charge in [-0.2, -0.15) is 0 Å². The van der Waals surface area contributed by atoms with Crippen LogP contribution in [0.15, 0.2) is 122 Å². The van der Waals surface area contributed by atoms with Crippen molar-refractivity contribution in [3.05, 3.63) is 161 Å². The van der Waals surface area contributed by atoms with Crippen LogP contribution in [0.2, 0.25) is 0 Å². The van der Waals surface area contributed by atoms with Crippen molar-refractivity contribution in [3.8, 4) is 0 Å². The molecule has 6 rings (SSSR count). The van der Waals surface area contributed by atoms with Crippen molar-refractivity contribution < 1.29 is 17.9 Å². The topological polar surface area (TPSA) is 38.2 Å². The van der Waals surface area contributed by atoms with Gasteiger partial charge in [0.05, 0.1) is 24.0 Å². The molecule has 1 fully saturated rings. The highest BCUT2D eigenvalue weighted by molar-refractivity contribution is 8.01. The van der Waals surface area contributed by atoms with Crippen LogP contribution in [0.5, 0.6) is 0 Å². The molecule has 1 aliphatic rings. The van der Waals surface area contributed by atoms with E-state index < -0.39 is 22.2 Å². The normalized spacial score (nSPS) is 16.9. The molecule has 2 heterocycles. The summed E-state index contributed by atoms with van der Waals surface area (Å²) in [6.45, 7) is 0.724. The molecule has 0 bridgehead atoms. The standard InChI is InChI=1S/C35H30F3N3OS/c36-31-21-33(38)32(37)19-25(31)23-42-24-29-20-30(22-41(29)34-39-17-10-18-40-34)43-35(26-11-4-1-5-12-26,27-13-6-2-7-14-27)28-15-8-3-9-16-28/h1-19,21,29-30H,20,22-24H2. The molecule has 1 aromatic heterocycles. The predicted octanol–water partition coefficient (Wildman–Crippen LogP) is 7.78. The number of hydrogen-bond donors (Lipinski definition) is 0. The van der Waals surface area contributed by atoms with Gasteiger partial charge < -0.3 is 9.64 Å². The minimum atomic E-state index is -1.22. The van der Waals surface area contributed by atoms with Crippen molar-refractivity contribution in [3.63, 3.8) is 0 Å². The lowest BCUT2D eigenvalue weighted by Gasteiger charge is -2.37. The maximum absolute atomic E-state index is 14.3. The van der Waals surface area contributed by atoms with Crippen LogP contribution < -0.4 is 4.90 Å². The van der Waals surface area contributed by atoms with E-state index in [9.17, 15) is 13.2 Å². The van der Waals surface area contributed by atoms with E-state index in [-0.39, 0.29) is 30.1 Å². The van der Waals surface area contributed by atoms with Gasteiger partial charge in [-0.05, 0) is 35.2 Å². The lowest BCUT2D eigenvalue weighted by atomic mass is 9.84. The summed E-state index contributed by atoms with van der Waals surface area (Å²) in [6, 6.07) is 34.7. The Hall–Kier alpha value is -4.14. The van der Waals surface area contributed by atoms with Crippen molar-refractivity contribution in [1.82, 2.24) is 9.97 Å². The van der Waals surface area contributed by atoms with Gasteiger partial charge in [-0.15, -0.1) is 11.8 Å². The smallest absolute Gasteiger partial charge is 0.225 e.